The minimum atomic E-state index is -1.08. The van der Waals surface area contributed by atoms with E-state index < -0.39 is 22.4 Å². The van der Waals surface area contributed by atoms with Crippen LogP contribution in [-0.2, 0) is 9.59 Å². The number of hydrogen-bond acceptors (Lipinski definition) is 4. The number of aryl methyl sites for hydroxylation is 3. The third-order valence-corrected chi connectivity index (χ3v) is 4.18. The number of anilines is 1. The highest BCUT2D eigenvalue weighted by molar-refractivity contribution is 8.15. The van der Waals surface area contributed by atoms with Crippen molar-refractivity contribution in [1.82, 2.24) is 0 Å². The Morgan fingerprint density at radius 2 is 1.80 bits per heavy atom. The Kier molecular flexibility index (Phi) is 3.85. The van der Waals surface area contributed by atoms with Crippen molar-refractivity contribution in [2.75, 3.05) is 4.90 Å². The number of amides is 2. The molecular weight excluding hydrogens is 278 g/mol. The van der Waals surface area contributed by atoms with Crippen molar-refractivity contribution >= 4 is 34.6 Å². The molecule has 1 saturated heterocycles. The lowest BCUT2D eigenvalue weighted by Crippen LogP contribution is -2.33. The average molecular weight is 293 g/mol. The highest BCUT2D eigenvalue weighted by Crippen LogP contribution is 2.37. The zero-order valence-corrected chi connectivity index (χ0v) is 12.3. The molecule has 1 aromatic carbocycles. The molecule has 1 unspecified atom stereocenters. The van der Waals surface area contributed by atoms with Crippen LogP contribution in [0.2, 0.25) is 0 Å². The van der Waals surface area contributed by atoms with E-state index in [1.807, 2.05) is 32.9 Å². The quantitative estimate of drug-likeness (QED) is 0.927. The van der Waals surface area contributed by atoms with Gasteiger partial charge in [0.2, 0.25) is 5.91 Å². The molecule has 0 bridgehead atoms. The summed E-state index contributed by atoms with van der Waals surface area (Å²) in [4.78, 5) is 36.2. The van der Waals surface area contributed by atoms with Crippen LogP contribution in [0.15, 0.2) is 12.1 Å². The summed E-state index contributed by atoms with van der Waals surface area (Å²) in [5.74, 6) is -1.53. The standard InChI is InChI=1S/C14H15NO4S/c1-7-4-8(2)12(9(3)5-7)15-13(18)10(6-11(16)17)20-14(15)19/h4-5,10H,6H2,1-3H3,(H,16,17). The lowest BCUT2D eigenvalue weighted by atomic mass is 10.0. The third kappa shape index (κ3) is 2.56. The fraction of sp³-hybridized carbons (Fsp3) is 0.357. The highest BCUT2D eigenvalue weighted by atomic mass is 32.2. The van der Waals surface area contributed by atoms with Gasteiger partial charge in [-0.1, -0.05) is 17.7 Å². The molecule has 1 N–H and O–H groups in total. The first-order valence-corrected chi connectivity index (χ1v) is 7.03. The van der Waals surface area contributed by atoms with Crippen LogP contribution in [0.5, 0.6) is 0 Å². The van der Waals surface area contributed by atoms with Crippen molar-refractivity contribution in [3.8, 4) is 0 Å². The van der Waals surface area contributed by atoms with Gasteiger partial charge in [0.25, 0.3) is 5.24 Å². The van der Waals surface area contributed by atoms with Gasteiger partial charge >= 0.3 is 5.97 Å². The molecule has 1 aliphatic heterocycles. The summed E-state index contributed by atoms with van der Waals surface area (Å²) in [5, 5.41) is 7.55. The fourth-order valence-electron chi connectivity index (χ4n) is 2.47. The molecule has 1 fully saturated rings. The summed E-state index contributed by atoms with van der Waals surface area (Å²) in [7, 11) is 0. The number of nitrogens with zero attached hydrogens (tertiary/aromatic N) is 1. The van der Waals surface area contributed by atoms with E-state index in [2.05, 4.69) is 0 Å². The molecule has 106 valence electrons. The summed E-state index contributed by atoms with van der Waals surface area (Å²) >= 11 is 0.783. The number of imide groups is 1. The van der Waals surface area contributed by atoms with E-state index >= 15 is 0 Å². The zero-order valence-electron chi connectivity index (χ0n) is 11.5. The van der Waals surface area contributed by atoms with Gasteiger partial charge < -0.3 is 5.11 Å². The van der Waals surface area contributed by atoms with Gasteiger partial charge in [-0.15, -0.1) is 0 Å². The second-order valence-corrected chi connectivity index (χ2v) is 6.05. The molecule has 2 amide bonds. The van der Waals surface area contributed by atoms with Crippen LogP contribution >= 0.6 is 11.8 Å². The van der Waals surface area contributed by atoms with Crippen molar-refractivity contribution in [2.45, 2.75) is 32.4 Å². The second-order valence-electron chi connectivity index (χ2n) is 4.89. The predicted molar refractivity (Wildman–Crippen MR) is 77.2 cm³/mol. The maximum atomic E-state index is 12.3. The van der Waals surface area contributed by atoms with E-state index in [-0.39, 0.29) is 6.42 Å². The molecular formula is C14H15NO4S. The van der Waals surface area contributed by atoms with E-state index in [1.165, 1.54) is 0 Å². The largest absolute Gasteiger partial charge is 0.481 e. The van der Waals surface area contributed by atoms with E-state index in [1.54, 1.807) is 0 Å². The summed E-state index contributed by atoms with van der Waals surface area (Å²) in [6, 6.07) is 3.80. The molecule has 5 nitrogen and oxygen atoms in total. The van der Waals surface area contributed by atoms with Crippen LogP contribution in [0.25, 0.3) is 0 Å². The normalized spacial score (nSPS) is 18.8. The van der Waals surface area contributed by atoms with Crippen LogP contribution in [0, 0.1) is 20.8 Å². The van der Waals surface area contributed by atoms with Gasteiger partial charge in [-0.25, -0.2) is 4.90 Å². The van der Waals surface area contributed by atoms with Gasteiger partial charge in [0.15, 0.2) is 0 Å². The third-order valence-electron chi connectivity index (χ3n) is 3.14. The average Bonchev–Trinajstić information content (AvgIpc) is 2.54. The topological polar surface area (TPSA) is 74.7 Å². The fourth-order valence-corrected chi connectivity index (χ4v) is 3.44. The number of hydrogen-bond donors (Lipinski definition) is 1. The smallest absolute Gasteiger partial charge is 0.305 e. The second kappa shape index (κ2) is 5.28. The van der Waals surface area contributed by atoms with Crippen LogP contribution in [0.3, 0.4) is 0 Å². The number of aliphatic carboxylic acids is 1. The molecule has 1 aromatic rings. The molecule has 0 aliphatic carbocycles. The van der Waals surface area contributed by atoms with Gasteiger partial charge in [-0.2, -0.15) is 0 Å². The summed E-state index contributed by atoms with van der Waals surface area (Å²) < 4.78 is 0. The molecule has 2 rings (SSSR count). The summed E-state index contributed by atoms with van der Waals surface area (Å²) in [5.41, 5.74) is 3.30. The SMILES string of the molecule is Cc1cc(C)c(N2C(=O)SC(CC(=O)O)C2=O)c(C)c1. The summed E-state index contributed by atoms with van der Waals surface area (Å²) in [6.07, 6.45) is -0.338. The molecule has 6 heteroatoms. The maximum Gasteiger partial charge on any atom is 0.305 e. The van der Waals surface area contributed by atoms with Crippen LogP contribution in [0.1, 0.15) is 23.1 Å². The number of carbonyl (C=O) groups is 3. The zero-order chi connectivity index (χ0) is 15.0. The molecule has 1 atom stereocenters. The molecule has 0 spiro atoms. The monoisotopic (exact) mass is 293 g/mol. The minimum Gasteiger partial charge on any atom is -0.481 e. The van der Waals surface area contributed by atoms with Crippen molar-refractivity contribution < 1.29 is 19.5 Å². The Balaban J connectivity index is 2.41. The Morgan fingerprint density at radius 3 is 2.30 bits per heavy atom. The van der Waals surface area contributed by atoms with Crippen molar-refractivity contribution in [3.05, 3.63) is 28.8 Å². The maximum absolute atomic E-state index is 12.3. The number of thioether (sulfide) groups is 1. The number of rotatable bonds is 3. The number of carboxylic acid groups (broad SMARTS) is 1. The summed E-state index contributed by atoms with van der Waals surface area (Å²) in [6.45, 7) is 5.62. The Hall–Kier alpha value is -1.82. The van der Waals surface area contributed by atoms with Gasteiger partial charge in [0, 0.05) is 0 Å². The first-order valence-electron chi connectivity index (χ1n) is 6.15. The van der Waals surface area contributed by atoms with E-state index in [9.17, 15) is 14.4 Å². The lowest BCUT2D eigenvalue weighted by molar-refractivity contribution is -0.138. The van der Waals surface area contributed by atoms with Crippen molar-refractivity contribution in [2.24, 2.45) is 0 Å². The van der Waals surface area contributed by atoms with Gasteiger partial charge in [-0.05, 0) is 43.7 Å². The van der Waals surface area contributed by atoms with Crippen molar-refractivity contribution in [3.63, 3.8) is 0 Å². The number of carboxylic acids is 1. The van der Waals surface area contributed by atoms with Gasteiger partial charge in [0.05, 0.1) is 12.1 Å². The van der Waals surface area contributed by atoms with Gasteiger partial charge in [0.1, 0.15) is 5.25 Å². The molecule has 1 aliphatic rings. The first-order chi connectivity index (χ1) is 9.31. The van der Waals surface area contributed by atoms with Crippen LogP contribution in [0.4, 0.5) is 10.5 Å². The van der Waals surface area contributed by atoms with Crippen LogP contribution < -0.4 is 4.90 Å². The van der Waals surface area contributed by atoms with E-state index in [0.717, 1.165) is 33.4 Å². The van der Waals surface area contributed by atoms with E-state index in [0.29, 0.717) is 5.69 Å². The highest BCUT2D eigenvalue weighted by Gasteiger charge is 2.42. The van der Waals surface area contributed by atoms with Gasteiger partial charge in [-0.3, -0.25) is 14.4 Å². The predicted octanol–water partition coefficient (Wildman–Crippen LogP) is 2.65. The Bertz CT molecular complexity index is 588. The number of benzene rings is 1. The molecule has 0 saturated carbocycles. The molecule has 20 heavy (non-hydrogen) atoms. The Morgan fingerprint density at radius 1 is 1.25 bits per heavy atom. The molecule has 1 heterocycles. The molecule has 0 aromatic heterocycles. The lowest BCUT2D eigenvalue weighted by Gasteiger charge is -2.19. The first kappa shape index (κ1) is 14.6. The van der Waals surface area contributed by atoms with Crippen LogP contribution in [-0.4, -0.2) is 27.5 Å². The van der Waals surface area contributed by atoms with Crippen molar-refractivity contribution in [1.29, 1.82) is 0 Å². The molecule has 0 radical (unpaired) electrons. The Labute approximate surface area is 121 Å². The van der Waals surface area contributed by atoms with E-state index in [4.69, 9.17) is 5.11 Å². The number of carbonyl (C=O) groups excluding carboxylic acids is 2. The minimum absolute atomic E-state index is 0.338.